The molecule has 0 radical (unpaired) electrons. The first-order chi connectivity index (χ1) is 17.3. The highest BCUT2D eigenvalue weighted by Crippen LogP contribution is 2.19. The van der Waals surface area contributed by atoms with Crippen molar-refractivity contribution in [2.24, 2.45) is 16.0 Å². The number of anilines is 1. The molecule has 2 aromatic carbocycles. The van der Waals surface area contributed by atoms with Crippen LogP contribution in [0.3, 0.4) is 0 Å². The maximum absolute atomic E-state index is 13.7. The van der Waals surface area contributed by atoms with E-state index in [1.165, 1.54) is 17.3 Å². The molecular formula is C27H35F3N6. The minimum absolute atomic E-state index is 0.00969. The Morgan fingerprint density at radius 3 is 2.44 bits per heavy atom. The van der Waals surface area contributed by atoms with Crippen LogP contribution in [0.4, 0.5) is 18.9 Å². The molecule has 2 aromatic rings. The molecule has 0 amide bonds. The van der Waals surface area contributed by atoms with Gasteiger partial charge in [0.2, 0.25) is 0 Å². The topological polar surface area (TPSA) is 69.2 Å². The second-order valence-electron chi connectivity index (χ2n) is 9.01. The smallest absolute Gasteiger partial charge is 0.278 e. The molecule has 1 fully saturated rings. The van der Waals surface area contributed by atoms with Crippen LogP contribution in [0.5, 0.6) is 0 Å². The van der Waals surface area contributed by atoms with E-state index in [2.05, 4.69) is 51.1 Å². The van der Waals surface area contributed by atoms with Gasteiger partial charge >= 0.3 is 0 Å². The monoisotopic (exact) mass is 500 g/mol. The number of rotatable bonds is 8. The molecule has 0 unspecified atom stereocenters. The molecule has 0 bridgehead atoms. The van der Waals surface area contributed by atoms with Gasteiger partial charge in [0, 0.05) is 56.1 Å². The van der Waals surface area contributed by atoms with E-state index in [9.17, 15) is 13.2 Å². The van der Waals surface area contributed by atoms with E-state index in [1.54, 1.807) is 12.1 Å². The van der Waals surface area contributed by atoms with Crippen LogP contribution >= 0.6 is 0 Å². The Morgan fingerprint density at radius 1 is 1.11 bits per heavy atom. The predicted octanol–water partition coefficient (Wildman–Crippen LogP) is 5.22. The van der Waals surface area contributed by atoms with Crippen molar-refractivity contribution >= 4 is 17.1 Å². The molecule has 2 heterocycles. The molecule has 9 heteroatoms. The Kier molecular flexibility index (Phi) is 10.1. The van der Waals surface area contributed by atoms with Crippen LogP contribution in [-0.4, -0.2) is 53.8 Å². The number of aryl methyl sites for hydroxylation is 1. The van der Waals surface area contributed by atoms with Gasteiger partial charge in [-0.25, -0.2) is 13.2 Å². The fourth-order valence-electron chi connectivity index (χ4n) is 4.15. The van der Waals surface area contributed by atoms with Crippen molar-refractivity contribution in [2.75, 3.05) is 31.6 Å². The van der Waals surface area contributed by atoms with Gasteiger partial charge in [0.15, 0.2) is 0 Å². The largest absolute Gasteiger partial charge is 0.373 e. The van der Waals surface area contributed by atoms with Gasteiger partial charge in [-0.1, -0.05) is 44.2 Å². The lowest BCUT2D eigenvalue weighted by molar-refractivity contribution is 0.153. The first kappa shape index (κ1) is 27.4. The number of benzene rings is 2. The molecule has 3 N–H and O–H groups in total. The molecule has 4 rings (SSSR count). The second kappa shape index (κ2) is 13.2. The molecule has 2 aliphatic heterocycles. The number of allylic oxidation sites excluding steroid dienone is 1. The van der Waals surface area contributed by atoms with Gasteiger partial charge < -0.3 is 10.3 Å². The van der Waals surface area contributed by atoms with E-state index in [0.717, 1.165) is 44.8 Å². The summed E-state index contributed by atoms with van der Waals surface area (Å²) in [5, 5.41) is 7.10. The predicted molar refractivity (Wildman–Crippen MR) is 141 cm³/mol. The number of hydrogen-bond acceptors (Lipinski definition) is 6. The molecule has 6 nitrogen and oxygen atoms in total. The van der Waals surface area contributed by atoms with Crippen molar-refractivity contribution in [3.63, 3.8) is 0 Å². The third-order valence-corrected chi connectivity index (χ3v) is 6.22. The van der Waals surface area contributed by atoms with Crippen molar-refractivity contribution in [2.45, 2.75) is 46.1 Å². The van der Waals surface area contributed by atoms with Gasteiger partial charge in [-0.05, 0) is 42.7 Å². The number of alkyl halides is 2. The Labute approximate surface area is 211 Å². The molecule has 1 saturated heterocycles. The van der Waals surface area contributed by atoms with Crippen molar-refractivity contribution in [3.8, 4) is 0 Å². The number of piperazine rings is 1. The van der Waals surface area contributed by atoms with E-state index in [4.69, 9.17) is 5.84 Å². The Morgan fingerprint density at radius 2 is 1.86 bits per heavy atom. The minimum atomic E-state index is -2.60. The molecular weight excluding hydrogens is 465 g/mol. The fraction of sp³-hybridized carbons (Fsp3) is 0.407. The van der Waals surface area contributed by atoms with Gasteiger partial charge in [-0.15, -0.1) is 0 Å². The van der Waals surface area contributed by atoms with Crippen LogP contribution in [-0.2, 0) is 13.0 Å². The van der Waals surface area contributed by atoms with Gasteiger partial charge in [0.05, 0.1) is 5.71 Å². The second-order valence-corrected chi connectivity index (χ2v) is 9.01. The maximum Gasteiger partial charge on any atom is 0.278 e. The van der Waals surface area contributed by atoms with Crippen LogP contribution in [0.1, 0.15) is 43.4 Å². The summed E-state index contributed by atoms with van der Waals surface area (Å²) < 4.78 is 38.5. The lowest BCUT2D eigenvalue weighted by Crippen LogP contribution is -2.44. The molecule has 36 heavy (non-hydrogen) atoms. The van der Waals surface area contributed by atoms with Crippen LogP contribution in [0.2, 0.25) is 0 Å². The number of hydrogen-bond donors (Lipinski definition) is 2. The standard InChI is InChI=1S/C14H22N4.C13H13F3N2/c1-12(2)18-8-6-17(7-9-18)11-13-4-3-5-14(10-13)16-15;1-2-3-8-4-5-9(6-10(8)14)11-7-12(13(15)16)18-17-11/h3-5,10,16H,1,6-9,11,15H2,2H3;4-6,13H,2-3,7H2,1H3. The van der Waals surface area contributed by atoms with Crippen LogP contribution in [0.25, 0.3) is 0 Å². The van der Waals surface area contributed by atoms with E-state index in [1.807, 2.05) is 19.1 Å². The summed E-state index contributed by atoms with van der Waals surface area (Å²) in [7, 11) is 0. The Hall–Kier alpha value is -3.17. The zero-order valence-electron chi connectivity index (χ0n) is 21.0. The SMILES string of the molecule is C=C(C)N1CCN(Cc2cccc(NN)c2)CC1.CCCc1ccc(C2=NN=C(C(F)F)C2)cc1F. The third-order valence-electron chi connectivity index (χ3n) is 6.22. The van der Waals surface area contributed by atoms with Gasteiger partial charge in [-0.2, -0.15) is 10.2 Å². The number of nitrogens with one attached hydrogen (secondary N) is 1. The first-order valence-corrected chi connectivity index (χ1v) is 12.2. The Balaban J connectivity index is 0.000000201. The quantitative estimate of drug-likeness (QED) is 0.385. The van der Waals surface area contributed by atoms with Crippen LogP contribution in [0, 0.1) is 5.82 Å². The zero-order chi connectivity index (χ0) is 26.1. The summed E-state index contributed by atoms with van der Waals surface area (Å²) in [6.45, 7) is 13.4. The van der Waals surface area contributed by atoms with Gasteiger partial charge in [-0.3, -0.25) is 10.7 Å². The van der Waals surface area contributed by atoms with E-state index < -0.39 is 6.43 Å². The van der Waals surface area contributed by atoms with Crippen molar-refractivity contribution in [3.05, 3.63) is 77.2 Å². The Bertz CT molecular complexity index is 1090. The van der Waals surface area contributed by atoms with Crippen LogP contribution in [0.15, 0.2) is 64.9 Å². The molecule has 0 aromatic heterocycles. The molecule has 0 atom stereocenters. The number of nitrogens with two attached hydrogens (primary N) is 1. The van der Waals surface area contributed by atoms with Crippen molar-refractivity contribution in [1.29, 1.82) is 0 Å². The van der Waals surface area contributed by atoms with Crippen LogP contribution < -0.4 is 11.3 Å². The molecule has 0 spiro atoms. The minimum Gasteiger partial charge on any atom is -0.373 e. The summed E-state index contributed by atoms with van der Waals surface area (Å²) >= 11 is 0. The summed E-state index contributed by atoms with van der Waals surface area (Å²) in [4.78, 5) is 4.81. The summed E-state index contributed by atoms with van der Waals surface area (Å²) in [6.07, 6.45) is -1.09. The van der Waals surface area contributed by atoms with Gasteiger partial charge in [0.1, 0.15) is 11.5 Å². The summed E-state index contributed by atoms with van der Waals surface area (Å²) in [5.41, 5.74) is 7.41. The molecule has 2 aliphatic rings. The van der Waals surface area contributed by atoms with E-state index in [0.29, 0.717) is 23.3 Å². The average molecular weight is 501 g/mol. The molecule has 194 valence electrons. The lowest BCUT2D eigenvalue weighted by Gasteiger charge is -2.36. The summed E-state index contributed by atoms with van der Waals surface area (Å²) in [5.74, 6) is 5.11. The average Bonchev–Trinajstić information content (AvgIpc) is 3.37. The first-order valence-electron chi connectivity index (χ1n) is 12.2. The van der Waals surface area contributed by atoms with Crippen molar-refractivity contribution in [1.82, 2.24) is 9.80 Å². The summed E-state index contributed by atoms with van der Waals surface area (Å²) in [6, 6.07) is 13.0. The van der Waals surface area contributed by atoms with Crippen molar-refractivity contribution < 1.29 is 13.2 Å². The fourth-order valence-corrected chi connectivity index (χ4v) is 4.15. The highest BCUT2D eigenvalue weighted by Gasteiger charge is 2.22. The van der Waals surface area contributed by atoms with Gasteiger partial charge in [0.25, 0.3) is 6.43 Å². The third kappa shape index (κ3) is 7.66. The number of nitrogens with zero attached hydrogens (tertiary/aromatic N) is 4. The number of halogens is 3. The zero-order valence-corrected chi connectivity index (χ0v) is 21.0. The normalized spacial score (nSPS) is 15.8. The number of nitrogen functional groups attached to an aromatic ring is 1. The lowest BCUT2D eigenvalue weighted by atomic mass is 10.0. The van der Waals surface area contributed by atoms with E-state index in [-0.39, 0.29) is 17.9 Å². The number of hydrazine groups is 1. The molecule has 0 saturated carbocycles. The molecule has 0 aliphatic carbocycles. The highest BCUT2D eigenvalue weighted by molar-refractivity contribution is 6.15. The maximum atomic E-state index is 13.7. The highest BCUT2D eigenvalue weighted by atomic mass is 19.3. The van der Waals surface area contributed by atoms with E-state index >= 15 is 0 Å².